The molecule has 1 aliphatic rings. The summed E-state index contributed by atoms with van der Waals surface area (Å²) in [7, 11) is 0. The molecule has 1 aromatic heterocycles. The summed E-state index contributed by atoms with van der Waals surface area (Å²) in [5, 5.41) is 9.00. The van der Waals surface area contributed by atoms with Gasteiger partial charge in [0, 0.05) is 37.0 Å². The number of oxazole rings is 1. The van der Waals surface area contributed by atoms with Crippen LogP contribution in [0.3, 0.4) is 0 Å². The van der Waals surface area contributed by atoms with Crippen LogP contribution in [0.4, 0.5) is 8.78 Å². The molecule has 1 aromatic carbocycles. The Morgan fingerprint density at radius 3 is 2.93 bits per heavy atom. The number of aliphatic carboxylic acids is 1. The second kappa shape index (κ2) is 8.51. The van der Waals surface area contributed by atoms with E-state index in [0.29, 0.717) is 12.3 Å². The van der Waals surface area contributed by atoms with Crippen molar-refractivity contribution >= 4 is 23.6 Å². The monoisotopic (exact) mass is 396 g/mol. The number of halogens is 2. The summed E-state index contributed by atoms with van der Waals surface area (Å²) in [5.41, 5.74) is 0.0936. The lowest BCUT2D eigenvalue weighted by atomic mass is 10.1. The molecule has 2 heterocycles. The number of carboxylic acid groups (broad SMARTS) is 1. The van der Waals surface area contributed by atoms with E-state index in [2.05, 4.69) is 4.98 Å². The van der Waals surface area contributed by atoms with Crippen LogP contribution in [0, 0.1) is 11.6 Å². The maximum Gasteiger partial charge on any atom is 0.305 e. The fourth-order valence-corrected chi connectivity index (χ4v) is 4.01. The number of hydrogen-bond donors (Lipinski definition) is 1. The minimum Gasteiger partial charge on any atom is -0.481 e. The number of aromatic nitrogens is 1. The minimum atomic E-state index is -0.932. The van der Waals surface area contributed by atoms with Gasteiger partial charge in [-0.1, -0.05) is 0 Å². The van der Waals surface area contributed by atoms with Gasteiger partial charge in [0.1, 0.15) is 11.6 Å². The summed E-state index contributed by atoms with van der Waals surface area (Å²) in [4.78, 5) is 29.1. The maximum absolute atomic E-state index is 13.8. The Kier molecular flexibility index (Phi) is 6.10. The summed E-state index contributed by atoms with van der Waals surface area (Å²) >= 11 is 1.63. The van der Waals surface area contributed by atoms with Crippen molar-refractivity contribution < 1.29 is 27.9 Å². The van der Waals surface area contributed by atoms with E-state index < -0.39 is 17.6 Å². The Bertz CT molecular complexity index is 843. The third-order valence-electron chi connectivity index (χ3n) is 4.26. The Hall–Kier alpha value is -2.42. The molecule has 1 atom stereocenters. The lowest BCUT2D eigenvalue weighted by Crippen LogP contribution is -2.47. The molecule has 6 nitrogen and oxygen atoms in total. The zero-order chi connectivity index (χ0) is 19.4. The molecule has 1 amide bonds. The molecule has 144 valence electrons. The number of rotatable bonds is 6. The smallest absolute Gasteiger partial charge is 0.305 e. The normalized spacial score (nSPS) is 17.1. The summed E-state index contributed by atoms with van der Waals surface area (Å²) in [6, 6.07) is 2.84. The molecule has 1 fully saturated rings. The van der Waals surface area contributed by atoms with Crippen molar-refractivity contribution in [2.45, 2.75) is 25.3 Å². The van der Waals surface area contributed by atoms with E-state index >= 15 is 0 Å². The summed E-state index contributed by atoms with van der Waals surface area (Å²) in [5.74, 6) is -0.724. The lowest BCUT2D eigenvalue weighted by molar-refractivity contribution is -0.140. The first-order valence-electron chi connectivity index (χ1n) is 8.43. The second-order valence-corrected chi connectivity index (χ2v) is 7.31. The van der Waals surface area contributed by atoms with E-state index in [1.807, 2.05) is 0 Å². The number of hydrogen-bond acceptors (Lipinski definition) is 5. The second-order valence-electron chi connectivity index (χ2n) is 6.16. The molecule has 0 aliphatic carbocycles. The number of carboxylic acids is 1. The van der Waals surface area contributed by atoms with Gasteiger partial charge in [-0.3, -0.25) is 9.59 Å². The molecule has 0 bridgehead atoms. The Balaban J connectivity index is 1.62. The summed E-state index contributed by atoms with van der Waals surface area (Å²) in [6.07, 6.45) is 1.59. The predicted molar refractivity (Wildman–Crippen MR) is 95.3 cm³/mol. The highest BCUT2D eigenvalue weighted by molar-refractivity contribution is 7.99. The molecule has 0 spiro atoms. The van der Waals surface area contributed by atoms with Crippen LogP contribution < -0.4 is 0 Å². The molecule has 0 radical (unpaired) electrons. The van der Waals surface area contributed by atoms with Gasteiger partial charge in [0.2, 0.25) is 5.91 Å². The van der Waals surface area contributed by atoms with E-state index in [4.69, 9.17) is 9.52 Å². The quantitative estimate of drug-likeness (QED) is 0.808. The van der Waals surface area contributed by atoms with Gasteiger partial charge in [-0.25, -0.2) is 13.8 Å². The van der Waals surface area contributed by atoms with Crippen molar-refractivity contribution in [1.29, 1.82) is 0 Å². The molecular formula is C18H18F2N2O4S. The highest BCUT2D eigenvalue weighted by Gasteiger charge is 2.28. The highest BCUT2D eigenvalue weighted by atomic mass is 32.2. The lowest BCUT2D eigenvalue weighted by Gasteiger charge is -2.34. The zero-order valence-corrected chi connectivity index (χ0v) is 15.2. The first kappa shape index (κ1) is 19.3. The van der Waals surface area contributed by atoms with Crippen molar-refractivity contribution in [1.82, 2.24) is 9.88 Å². The van der Waals surface area contributed by atoms with E-state index in [9.17, 15) is 18.4 Å². The first-order valence-corrected chi connectivity index (χ1v) is 9.58. The van der Waals surface area contributed by atoms with Gasteiger partial charge in [-0.15, -0.1) is 0 Å². The number of thioether (sulfide) groups is 1. The minimum absolute atomic E-state index is 0.0776. The number of aryl methyl sites for hydroxylation is 1. The summed E-state index contributed by atoms with van der Waals surface area (Å²) < 4.78 is 32.3. The SMILES string of the molecule is O=C(O)CC1CSCCN1C(=O)CCc1ncc(-c2ccc(F)cc2F)o1. The fourth-order valence-electron chi connectivity index (χ4n) is 2.95. The summed E-state index contributed by atoms with van der Waals surface area (Å²) in [6.45, 7) is 0.513. The van der Waals surface area contributed by atoms with E-state index in [-0.39, 0.29) is 48.4 Å². The Morgan fingerprint density at radius 2 is 2.19 bits per heavy atom. The molecule has 9 heteroatoms. The van der Waals surface area contributed by atoms with Gasteiger partial charge >= 0.3 is 5.97 Å². The van der Waals surface area contributed by atoms with Crippen LogP contribution in [0.5, 0.6) is 0 Å². The van der Waals surface area contributed by atoms with Crippen LogP contribution in [0.1, 0.15) is 18.7 Å². The third kappa shape index (κ3) is 4.85. The first-order chi connectivity index (χ1) is 12.9. The molecule has 1 N–H and O–H groups in total. The highest BCUT2D eigenvalue weighted by Crippen LogP contribution is 2.25. The van der Waals surface area contributed by atoms with Gasteiger partial charge in [0.05, 0.1) is 24.2 Å². The number of benzene rings is 1. The van der Waals surface area contributed by atoms with Crippen molar-refractivity contribution in [3.05, 3.63) is 41.9 Å². The molecule has 1 aliphatic heterocycles. The average molecular weight is 396 g/mol. The van der Waals surface area contributed by atoms with Crippen LogP contribution in [0.2, 0.25) is 0 Å². The van der Waals surface area contributed by atoms with Crippen molar-refractivity contribution in [2.24, 2.45) is 0 Å². The molecule has 27 heavy (non-hydrogen) atoms. The van der Waals surface area contributed by atoms with Gasteiger partial charge < -0.3 is 14.4 Å². The topological polar surface area (TPSA) is 83.6 Å². The average Bonchev–Trinajstić information content (AvgIpc) is 3.08. The van der Waals surface area contributed by atoms with Crippen LogP contribution >= 0.6 is 11.8 Å². The number of carbonyl (C=O) groups is 2. The maximum atomic E-state index is 13.8. The van der Waals surface area contributed by atoms with Crippen LogP contribution in [0.15, 0.2) is 28.8 Å². The van der Waals surface area contributed by atoms with E-state index in [1.54, 1.807) is 16.7 Å². The van der Waals surface area contributed by atoms with Gasteiger partial charge in [-0.2, -0.15) is 11.8 Å². The van der Waals surface area contributed by atoms with Gasteiger partial charge in [0.25, 0.3) is 0 Å². The predicted octanol–water partition coefficient (Wildman–Crippen LogP) is 2.97. The molecule has 1 saturated heterocycles. The van der Waals surface area contributed by atoms with Gasteiger partial charge in [-0.05, 0) is 12.1 Å². The molecule has 2 aromatic rings. The number of nitrogens with zero attached hydrogens (tertiary/aromatic N) is 2. The van der Waals surface area contributed by atoms with E-state index in [0.717, 1.165) is 17.9 Å². The molecule has 1 unspecified atom stereocenters. The van der Waals surface area contributed by atoms with Crippen LogP contribution in [0.25, 0.3) is 11.3 Å². The molecular weight excluding hydrogens is 378 g/mol. The Labute approximate surface area is 158 Å². The van der Waals surface area contributed by atoms with Crippen molar-refractivity contribution in [3.8, 4) is 11.3 Å². The van der Waals surface area contributed by atoms with Gasteiger partial charge in [0.15, 0.2) is 11.7 Å². The van der Waals surface area contributed by atoms with Crippen molar-refractivity contribution in [3.63, 3.8) is 0 Å². The third-order valence-corrected chi connectivity index (χ3v) is 5.35. The number of amides is 1. The van der Waals surface area contributed by atoms with Crippen LogP contribution in [-0.4, -0.2) is 51.0 Å². The zero-order valence-electron chi connectivity index (χ0n) is 14.4. The van der Waals surface area contributed by atoms with Crippen molar-refractivity contribution in [2.75, 3.05) is 18.1 Å². The molecule has 0 saturated carbocycles. The fraction of sp³-hybridized carbons (Fsp3) is 0.389. The molecule has 3 rings (SSSR count). The van der Waals surface area contributed by atoms with Crippen LogP contribution in [-0.2, 0) is 16.0 Å². The largest absolute Gasteiger partial charge is 0.481 e. The number of carbonyl (C=O) groups excluding carboxylic acids is 1. The Morgan fingerprint density at radius 1 is 1.37 bits per heavy atom. The van der Waals surface area contributed by atoms with E-state index in [1.165, 1.54) is 12.3 Å². The standard InChI is InChI=1S/C18H18F2N2O4S/c19-11-1-2-13(14(20)7-11)15-9-21-16(26-15)3-4-17(23)22-5-6-27-10-12(22)8-18(24)25/h1-2,7,9,12H,3-6,8,10H2,(H,24,25).